The van der Waals surface area contributed by atoms with E-state index in [-0.39, 0.29) is 11.9 Å². The molecule has 1 N–H and O–H groups in total. The number of rotatable bonds is 5. The van der Waals surface area contributed by atoms with E-state index in [4.69, 9.17) is 4.42 Å². The molecule has 0 aliphatic heterocycles. The summed E-state index contributed by atoms with van der Waals surface area (Å²) in [6, 6.07) is 13.4. The van der Waals surface area contributed by atoms with E-state index in [0.717, 1.165) is 18.4 Å². The first-order chi connectivity index (χ1) is 9.20. The Hall–Kier alpha value is -1.55. The number of nitrogens with one attached hydrogen (secondary N) is 1. The SMILES string of the molecule is CCCC(NC(=O)c1ccc(Br)o1)c1ccccc1. The molecule has 0 fully saturated rings. The molecule has 0 radical (unpaired) electrons. The van der Waals surface area contributed by atoms with Crippen LogP contribution in [0.2, 0.25) is 0 Å². The van der Waals surface area contributed by atoms with E-state index < -0.39 is 0 Å². The number of benzene rings is 1. The van der Waals surface area contributed by atoms with Crippen LogP contribution in [0.1, 0.15) is 41.9 Å². The van der Waals surface area contributed by atoms with Crippen LogP contribution in [0, 0.1) is 0 Å². The van der Waals surface area contributed by atoms with Crippen LogP contribution in [-0.4, -0.2) is 5.91 Å². The molecule has 0 spiro atoms. The molecule has 100 valence electrons. The van der Waals surface area contributed by atoms with Crippen LogP contribution in [0.3, 0.4) is 0 Å². The van der Waals surface area contributed by atoms with E-state index in [1.165, 1.54) is 0 Å². The Morgan fingerprint density at radius 1 is 1.26 bits per heavy atom. The molecule has 4 heteroatoms. The third kappa shape index (κ3) is 3.70. The third-order valence-electron chi connectivity index (χ3n) is 2.88. The van der Waals surface area contributed by atoms with Gasteiger partial charge in [-0.15, -0.1) is 0 Å². The molecule has 2 rings (SSSR count). The summed E-state index contributed by atoms with van der Waals surface area (Å²) in [6.07, 6.45) is 1.90. The van der Waals surface area contributed by atoms with Gasteiger partial charge < -0.3 is 9.73 Å². The van der Waals surface area contributed by atoms with E-state index in [1.807, 2.05) is 30.3 Å². The van der Waals surface area contributed by atoms with Crippen molar-refractivity contribution >= 4 is 21.8 Å². The number of hydrogen-bond acceptors (Lipinski definition) is 2. The number of hydrogen-bond donors (Lipinski definition) is 1. The summed E-state index contributed by atoms with van der Waals surface area (Å²) in [4.78, 5) is 12.1. The maximum atomic E-state index is 12.1. The molecule has 1 atom stereocenters. The molecule has 1 unspecified atom stereocenters. The van der Waals surface area contributed by atoms with Gasteiger partial charge in [0.05, 0.1) is 6.04 Å². The van der Waals surface area contributed by atoms with Crippen LogP contribution in [-0.2, 0) is 0 Å². The Balaban J connectivity index is 2.11. The molecule has 1 heterocycles. The van der Waals surface area contributed by atoms with Gasteiger partial charge in [-0.2, -0.15) is 0 Å². The largest absolute Gasteiger partial charge is 0.444 e. The molecule has 1 amide bonds. The van der Waals surface area contributed by atoms with Crippen molar-refractivity contribution in [3.63, 3.8) is 0 Å². The molecule has 0 saturated carbocycles. The average molecular weight is 322 g/mol. The quantitative estimate of drug-likeness (QED) is 0.891. The van der Waals surface area contributed by atoms with Crippen molar-refractivity contribution < 1.29 is 9.21 Å². The Labute approximate surface area is 121 Å². The highest BCUT2D eigenvalue weighted by Gasteiger charge is 2.17. The maximum Gasteiger partial charge on any atom is 0.287 e. The van der Waals surface area contributed by atoms with Crippen LogP contribution in [0.15, 0.2) is 51.6 Å². The molecular weight excluding hydrogens is 306 g/mol. The van der Waals surface area contributed by atoms with E-state index in [0.29, 0.717) is 10.4 Å². The summed E-state index contributed by atoms with van der Waals surface area (Å²) >= 11 is 3.20. The second-order valence-corrected chi connectivity index (χ2v) is 5.11. The Morgan fingerprint density at radius 3 is 2.58 bits per heavy atom. The lowest BCUT2D eigenvalue weighted by Crippen LogP contribution is -2.28. The lowest BCUT2D eigenvalue weighted by Gasteiger charge is -2.17. The molecule has 0 aliphatic rings. The summed E-state index contributed by atoms with van der Waals surface area (Å²) in [5, 5.41) is 3.01. The fourth-order valence-electron chi connectivity index (χ4n) is 1.96. The summed E-state index contributed by atoms with van der Waals surface area (Å²) in [5.74, 6) is 0.136. The van der Waals surface area contributed by atoms with Gasteiger partial charge in [-0.1, -0.05) is 43.7 Å². The maximum absolute atomic E-state index is 12.1. The molecule has 1 aromatic carbocycles. The second-order valence-electron chi connectivity index (χ2n) is 4.33. The minimum atomic E-state index is -0.187. The standard InChI is InChI=1S/C15H16BrNO2/c1-2-6-12(11-7-4-3-5-8-11)17-15(18)13-9-10-14(16)19-13/h3-5,7-10,12H,2,6H2,1H3,(H,17,18). The third-order valence-corrected chi connectivity index (χ3v) is 3.31. The highest BCUT2D eigenvalue weighted by Crippen LogP contribution is 2.20. The van der Waals surface area contributed by atoms with Gasteiger partial charge in [-0.25, -0.2) is 0 Å². The summed E-state index contributed by atoms with van der Waals surface area (Å²) in [6.45, 7) is 2.10. The number of amides is 1. The molecule has 3 nitrogen and oxygen atoms in total. The van der Waals surface area contributed by atoms with Crippen LogP contribution in [0.4, 0.5) is 0 Å². The first-order valence-corrected chi connectivity index (χ1v) is 7.11. The van der Waals surface area contributed by atoms with Crippen LogP contribution in [0.5, 0.6) is 0 Å². The lowest BCUT2D eigenvalue weighted by molar-refractivity contribution is 0.0905. The van der Waals surface area contributed by atoms with Crippen molar-refractivity contribution in [3.8, 4) is 0 Å². The van der Waals surface area contributed by atoms with Gasteiger partial charge in [0.15, 0.2) is 10.4 Å². The van der Waals surface area contributed by atoms with Crippen molar-refractivity contribution in [2.45, 2.75) is 25.8 Å². The zero-order valence-electron chi connectivity index (χ0n) is 10.7. The normalized spacial score (nSPS) is 12.1. The van der Waals surface area contributed by atoms with Crippen molar-refractivity contribution in [1.82, 2.24) is 5.32 Å². The van der Waals surface area contributed by atoms with E-state index >= 15 is 0 Å². The average Bonchev–Trinajstić information content (AvgIpc) is 2.86. The van der Waals surface area contributed by atoms with E-state index in [2.05, 4.69) is 28.2 Å². The molecule has 1 aromatic heterocycles. The second kappa shape index (κ2) is 6.57. The number of halogens is 1. The monoisotopic (exact) mass is 321 g/mol. The molecule has 2 aromatic rings. The molecule has 0 bridgehead atoms. The van der Waals surface area contributed by atoms with Crippen molar-refractivity contribution in [2.75, 3.05) is 0 Å². The van der Waals surface area contributed by atoms with Gasteiger partial charge in [0.2, 0.25) is 0 Å². The topological polar surface area (TPSA) is 42.2 Å². The number of furan rings is 1. The van der Waals surface area contributed by atoms with Gasteiger partial charge in [0.25, 0.3) is 5.91 Å². The highest BCUT2D eigenvalue weighted by atomic mass is 79.9. The van der Waals surface area contributed by atoms with Gasteiger partial charge in [-0.05, 0) is 40.0 Å². The van der Waals surface area contributed by atoms with Crippen LogP contribution < -0.4 is 5.32 Å². The Morgan fingerprint density at radius 2 is 2.00 bits per heavy atom. The Bertz CT molecular complexity index is 536. The minimum Gasteiger partial charge on any atom is -0.444 e. The van der Waals surface area contributed by atoms with Crippen LogP contribution >= 0.6 is 15.9 Å². The molecule has 0 saturated heterocycles. The first-order valence-electron chi connectivity index (χ1n) is 6.32. The lowest BCUT2D eigenvalue weighted by atomic mass is 10.0. The first kappa shape index (κ1) is 13.9. The van der Waals surface area contributed by atoms with Crippen LogP contribution in [0.25, 0.3) is 0 Å². The predicted molar refractivity (Wildman–Crippen MR) is 78.0 cm³/mol. The Kier molecular flexibility index (Phi) is 4.80. The summed E-state index contributed by atoms with van der Waals surface area (Å²) in [7, 11) is 0. The van der Waals surface area contributed by atoms with E-state index in [9.17, 15) is 4.79 Å². The number of carbonyl (C=O) groups excluding carboxylic acids is 1. The van der Waals surface area contributed by atoms with Crippen molar-refractivity contribution in [1.29, 1.82) is 0 Å². The van der Waals surface area contributed by atoms with Gasteiger partial charge >= 0.3 is 0 Å². The zero-order valence-corrected chi connectivity index (χ0v) is 12.3. The smallest absolute Gasteiger partial charge is 0.287 e. The zero-order chi connectivity index (χ0) is 13.7. The summed E-state index contributed by atoms with van der Waals surface area (Å²) in [5.41, 5.74) is 1.11. The van der Waals surface area contributed by atoms with Crippen molar-refractivity contribution in [3.05, 3.63) is 58.5 Å². The highest BCUT2D eigenvalue weighted by molar-refractivity contribution is 9.10. The summed E-state index contributed by atoms with van der Waals surface area (Å²) < 4.78 is 5.82. The van der Waals surface area contributed by atoms with Gasteiger partial charge in [0, 0.05) is 0 Å². The molecule has 19 heavy (non-hydrogen) atoms. The predicted octanol–water partition coefficient (Wildman–Crippen LogP) is 4.31. The van der Waals surface area contributed by atoms with Crippen molar-refractivity contribution in [2.24, 2.45) is 0 Å². The van der Waals surface area contributed by atoms with Gasteiger partial charge in [0.1, 0.15) is 0 Å². The minimum absolute atomic E-state index is 0.0163. The van der Waals surface area contributed by atoms with Gasteiger partial charge in [-0.3, -0.25) is 4.79 Å². The molecule has 0 aliphatic carbocycles. The number of carbonyl (C=O) groups is 1. The fraction of sp³-hybridized carbons (Fsp3) is 0.267. The van der Waals surface area contributed by atoms with E-state index in [1.54, 1.807) is 12.1 Å². The molecular formula is C15H16BrNO2. The fourth-order valence-corrected chi connectivity index (χ4v) is 2.27.